The van der Waals surface area contributed by atoms with E-state index in [1.54, 1.807) is 85.7 Å². The smallest absolute Gasteiger partial charge is 0.326 e. The van der Waals surface area contributed by atoms with Gasteiger partial charge in [0.15, 0.2) is 5.96 Å². The second-order valence-corrected chi connectivity index (χ2v) is 22.2. The molecule has 10 amide bonds. The maximum absolute atomic E-state index is 14.6. The second-order valence-electron chi connectivity index (χ2n) is 22.2. The van der Waals surface area contributed by atoms with Crippen molar-refractivity contribution < 1.29 is 63.0 Å². The number of nitrogens with one attached hydrogen (secondary N) is 9. The fourth-order valence-corrected chi connectivity index (χ4v) is 8.56. The maximum atomic E-state index is 14.6. The Hall–Kier alpha value is -7.46. The third-order valence-electron chi connectivity index (χ3n) is 13.9. The molecule has 12 atom stereocenters. The minimum absolute atomic E-state index is 0.0162. The van der Waals surface area contributed by atoms with Crippen LogP contribution in [-0.4, -0.2) is 161 Å². The number of benzene rings is 1. The van der Waals surface area contributed by atoms with E-state index in [-0.39, 0.29) is 82.3 Å². The third kappa shape index (κ3) is 28.2. The number of rotatable bonds is 41. The Morgan fingerprint density at radius 3 is 1.44 bits per heavy atom. The molecule has 0 fully saturated rings. The van der Waals surface area contributed by atoms with Gasteiger partial charge in [0.1, 0.15) is 60.4 Å². The summed E-state index contributed by atoms with van der Waals surface area (Å²) in [6.45, 7) is 15.1. The van der Waals surface area contributed by atoms with Gasteiger partial charge < -0.3 is 86.7 Å². The van der Waals surface area contributed by atoms with Crippen LogP contribution >= 0.6 is 0 Å². The molecule has 1 aromatic rings. The number of hydrogen-bond donors (Lipinski definition) is 16. The van der Waals surface area contributed by atoms with E-state index in [4.69, 9.17) is 28.7 Å². The molecule has 1 rings (SSSR count). The lowest BCUT2D eigenvalue weighted by Gasteiger charge is -2.30. The van der Waals surface area contributed by atoms with Crippen LogP contribution < -0.4 is 76.5 Å². The zero-order valence-corrected chi connectivity index (χ0v) is 50.3. The molecule has 0 spiro atoms. The largest absolute Gasteiger partial charge is 0.480 e. The van der Waals surface area contributed by atoms with Gasteiger partial charge in [-0.25, -0.2) is 4.79 Å². The molecular formula is C56H97N15O13. The van der Waals surface area contributed by atoms with E-state index in [9.17, 15) is 63.0 Å². The molecule has 0 saturated carbocycles. The molecule has 0 unspecified atom stereocenters. The van der Waals surface area contributed by atoms with E-state index in [1.807, 2.05) is 0 Å². The van der Waals surface area contributed by atoms with Crippen LogP contribution in [0, 0.1) is 23.7 Å². The van der Waals surface area contributed by atoms with Crippen molar-refractivity contribution in [3.8, 4) is 0 Å². The van der Waals surface area contributed by atoms with Crippen molar-refractivity contribution in [1.82, 2.24) is 47.9 Å². The Balaban J connectivity index is 3.58. The molecule has 28 heteroatoms. The normalized spacial score (nSPS) is 15.5. The van der Waals surface area contributed by atoms with Crippen molar-refractivity contribution in [1.29, 1.82) is 0 Å². The second kappa shape index (κ2) is 39.2. The lowest BCUT2D eigenvalue weighted by atomic mass is 9.95. The summed E-state index contributed by atoms with van der Waals surface area (Å²) in [4.78, 5) is 153. The highest BCUT2D eigenvalue weighted by molar-refractivity contribution is 5.99. The molecule has 0 aliphatic rings. The summed E-state index contributed by atoms with van der Waals surface area (Å²) < 4.78 is 0. The molecule has 0 heterocycles. The van der Waals surface area contributed by atoms with E-state index in [1.165, 1.54) is 6.92 Å². The van der Waals surface area contributed by atoms with Gasteiger partial charge in [-0.1, -0.05) is 98.6 Å². The van der Waals surface area contributed by atoms with Gasteiger partial charge >= 0.3 is 5.97 Å². The summed E-state index contributed by atoms with van der Waals surface area (Å²) in [7, 11) is 0. The maximum Gasteiger partial charge on any atom is 0.326 e. The van der Waals surface area contributed by atoms with Crippen LogP contribution in [0.2, 0.25) is 0 Å². The number of aliphatic imine (C=N–C) groups is 1. The lowest BCUT2D eigenvalue weighted by molar-refractivity contribution is -0.144. The number of carboxylic acid groups (broad SMARTS) is 1. The minimum atomic E-state index is -1.51. The molecule has 0 aliphatic heterocycles. The van der Waals surface area contributed by atoms with Crippen LogP contribution in [-0.2, 0) is 59.2 Å². The topological polar surface area (TPSA) is 479 Å². The number of amides is 10. The van der Waals surface area contributed by atoms with Crippen LogP contribution in [0.4, 0.5) is 0 Å². The number of nitrogens with two attached hydrogens (primary N) is 5. The first-order chi connectivity index (χ1) is 39.5. The zero-order chi connectivity index (χ0) is 63.8. The Kier molecular flexibility index (Phi) is 34.7. The zero-order valence-electron chi connectivity index (χ0n) is 50.3. The number of carboxylic acids is 1. The third-order valence-corrected chi connectivity index (χ3v) is 13.9. The summed E-state index contributed by atoms with van der Waals surface area (Å²) in [5.74, 6) is -11.0. The van der Waals surface area contributed by atoms with E-state index in [0.717, 1.165) is 0 Å². The summed E-state index contributed by atoms with van der Waals surface area (Å²) >= 11 is 0. The molecular weight excluding hydrogens is 1090 g/mol. The number of aliphatic hydroxyl groups is 1. The Labute approximate surface area is 493 Å². The molecule has 0 aromatic heterocycles. The lowest BCUT2D eigenvalue weighted by Crippen LogP contribution is -2.61. The standard InChI is InChI=1S/C56H97N15O13/c1-10-32(7)44(70-53(81)41(27-31(5)6)68-51(79)40(26-30(3)4)67-46(74)34(9)63-48(76)38(21-17-25-62-56(60)61)64-47(75)36(58)29-72)54(82)69-42(28-35-18-13-12-14-19-35)52(80)66-39(22-23-43(59)73)49(77)65-37(20-15-16-24-57)50(78)71-45(55(83)84)33(8)11-2/h12-14,18-19,30-34,36-42,44-45,72H,10-11,15-17,20-29,57-58H2,1-9H3,(H2,59,73)(H,63,76)(H,64,75)(H,65,77)(H,66,80)(H,67,74)(H,68,79)(H,69,82)(H,70,81)(H,71,78)(H,83,84)(H4,60,61,62)/t32-,33-,34-,36-,37-,38-,39-,40-,41-,42-,44-,45-/m0/s1. The molecule has 1 aromatic carbocycles. The SMILES string of the molecule is CC[C@H](C)[C@H](NC(=O)[C@H](CCCCN)NC(=O)[C@H](CCC(N)=O)NC(=O)[C@H](Cc1ccccc1)NC(=O)[C@@H](NC(=O)[C@H](CC(C)C)NC(=O)[C@H](CC(C)C)NC(=O)[C@H](C)NC(=O)[C@H](CCCN=C(N)N)NC(=O)[C@@H](N)CO)[C@@H](C)CC)C(=O)O. The first-order valence-corrected chi connectivity index (χ1v) is 28.9. The fourth-order valence-electron chi connectivity index (χ4n) is 8.56. The summed E-state index contributed by atoms with van der Waals surface area (Å²) in [6.07, 6.45) is 1.18. The van der Waals surface area contributed by atoms with Crippen molar-refractivity contribution in [2.24, 2.45) is 57.3 Å². The van der Waals surface area contributed by atoms with Crippen molar-refractivity contribution >= 4 is 71.0 Å². The van der Waals surface area contributed by atoms with Crippen LogP contribution in [0.15, 0.2) is 35.3 Å². The summed E-state index contributed by atoms with van der Waals surface area (Å²) in [5.41, 5.74) is 28.2. The van der Waals surface area contributed by atoms with Crippen LogP contribution in [0.3, 0.4) is 0 Å². The highest BCUT2D eigenvalue weighted by Crippen LogP contribution is 2.16. The number of aliphatic carboxylic acids is 1. The number of hydrogen-bond acceptors (Lipinski definition) is 15. The Bertz CT molecular complexity index is 2340. The number of guanidine groups is 1. The van der Waals surface area contributed by atoms with Crippen molar-refractivity contribution in [3.05, 3.63) is 35.9 Å². The average molecular weight is 1190 g/mol. The van der Waals surface area contributed by atoms with E-state index in [2.05, 4.69) is 52.8 Å². The summed E-state index contributed by atoms with van der Waals surface area (Å²) in [5, 5.41) is 42.9. The van der Waals surface area contributed by atoms with Crippen molar-refractivity contribution in [3.63, 3.8) is 0 Å². The monoisotopic (exact) mass is 1190 g/mol. The molecule has 0 radical (unpaired) electrons. The molecule has 0 aliphatic carbocycles. The van der Waals surface area contributed by atoms with Crippen molar-refractivity contribution in [2.45, 2.75) is 200 Å². The summed E-state index contributed by atoms with van der Waals surface area (Å²) in [6, 6.07) is -4.59. The van der Waals surface area contributed by atoms with E-state index < -0.39 is 144 Å². The number of primary amides is 1. The molecule has 0 bridgehead atoms. The van der Waals surface area contributed by atoms with Gasteiger partial charge in [0.25, 0.3) is 0 Å². The van der Waals surface area contributed by atoms with Gasteiger partial charge in [0, 0.05) is 19.4 Å². The van der Waals surface area contributed by atoms with Gasteiger partial charge in [0.05, 0.1) is 6.61 Å². The quantitative estimate of drug-likeness (QED) is 0.0185. The molecule has 28 nitrogen and oxygen atoms in total. The Morgan fingerprint density at radius 2 is 0.940 bits per heavy atom. The Morgan fingerprint density at radius 1 is 0.512 bits per heavy atom. The minimum Gasteiger partial charge on any atom is -0.480 e. The number of nitrogens with zero attached hydrogens (tertiary/aromatic N) is 1. The van der Waals surface area contributed by atoms with Gasteiger partial charge in [-0.3, -0.25) is 52.9 Å². The first kappa shape index (κ1) is 74.6. The van der Waals surface area contributed by atoms with Crippen LogP contribution in [0.1, 0.15) is 139 Å². The van der Waals surface area contributed by atoms with E-state index in [0.29, 0.717) is 31.2 Å². The van der Waals surface area contributed by atoms with Gasteiger partial charge in [-0.15, -0.1) is 0 Å². The average Bonchev–Trinajstić information content (AvgIpc) is 3.63. The molecule has 84 heavy (non-hydrogen) atoms. The van der Waals surface area contributed by atoms with Crippen LogP contribution in [0.5, 0.6) is 0 Å². The van der Waals surface area contributed by atoms with Gasteiger partial charge in [0.2, 0.25) is 59.1 Å². The predicted molar refractivity (Wildman–Crippen MR) is 315 cm³/mol. The van der Waals surface area contributed by atoms with Gasteiger partial charge in [-0.2, -0.15) is 0 Å². The highest BCUT2D eigenvalue weighted by atomic mass is 16.4. The molecule has 21 N–H and O–H groups in total. The number of aliphatic hydroxyl groups excluding tert-OH is 1. The number of carbonyl (C=O) groups is 11. The number of carbonyl (C=O) groups excluding carboxylic acids is 10. The molecule has 0 saturated heterocycles. The van der Waals surface area contributed by atoms with Crippen molar-refractivity contribution in [2.75, 3.05) is 19.7 Å². The van der Waals surface area contributed by atoms with Crippen LogP contribution in [0.25, 0.3) is 0 Å². The fraction of sp³-hybridized carbons (Fsp3) is 0.679. The van der Waals surface area contributed by atoms with E-state index >= 15 is 0 Å². The first-order valence-electron chi connectivity index (χ1n) is 28.9. The highest BCUT2D eigenvalue weighted by Gasteiger charge is 2.37. The number of unbranched alkanes of at least 4 members (excludes halogenated alkanes) is 1. The predicted octanol–water partition coefficient (Wildman–Crippen LogP) is -2.35. The molecule has 474 valence electrons. The van der Waals surface area contributed by atoms with Gasteiger partial charge in [-0.05, 0) is 94.1 Å².